The Balaban J connectivity index is 1.01. The van der Waals surface area contributed by atoms with E-state index in [0.717, 1.165) is 84.5 Å². The second-order valence-corrected chi connectivity index (χ2v) is 14.3. The molecule has 0 unspecified atom stereocenters. The van der Waals surface area contributed by atoms with Crippen molar-refractivity contribution in [2.75, 3.05) is 86.5 Å². The number of hydrogen-bond donors (Lipinski definition) is 5. The van der Waals surface area contributed by atoms with E-state index in [0.29, 0.717) is 59.9 Å². The Morgan fingerprint density at radius 2 is 1.51 bits per heavy atom. The first-order valence-electron chi connectivity index (χ1n) is 19.7. The van der Waals surface area contributed by atoms with Crippen LogP contribution in [0.5, 0.6) is 11.5 Å². The summed E-state index contributed by atoms with van der Waals surface area (Å²) in [6, 6.07) is 20.4. The van der Waals surface area contributed by atoms with E-state index in [1.165, 1.54) is 0 Å². The number of nitrogens with one attached hydrogen (secondary N) is 3. The molecule has 1 aromatic heterocycles. The van der Waals surface area contributed by atoms with Crippen LogP contribution in [0.15, 0.2) is 72.9 Å². The molecular formula is C43H51N9O5. The Bertz CT molecular complexity index is 2270. The highest BCUT2D eigenvalue weighted by molar-refractivity contribution is 6.12. The van der Waals surface area contributed by atoms with Crippen molar-refractivity contribution in [3.05, 3.63) is 84.1 Å². The quantitative estimate of drug-likeness (QED) is 0.0728. The maximum Gasteiger partial charge on any atom is 0.250 e. The zero-order valence-electron chi connectivity index (χ0n) is 32.6. The molecule has 0 radical (unpaired) electrons. The molecule has 0 spiro atoms. The minimum absolute atomic E-state index is 0.0417. The number of nitrogens with zero attached hydrogens (tertiary/aromatic N) is 4. The highest BCUT2D eigenvalue weighted by atomic mass is 16.7. The SMILES string of the molecule is CCN(CC)CCCCCNc1cc(C(N)=O)c(N2CCN(C(=O)CNc3ccc(C(N)=O)c4ccc(Nc5ccc6c(c5)OCO6)cc34)CC2)c2cccnc12. The lowest BCUT2D eigenvalue weighted by molar-refractivity contribution is -0.129. The van der Waals surface area contributed by atoms with Gasteiger partial charge in [0.2, 0.25) is 18.6 Å². The first kappa shape index (κ1) is 39.0. The van der Waals surface area contributed by atoms with Crippen molar-refractivity contribution in [3.63, 3.8) is 0 Å². The third-order valence-electron chi connectivity index (χ3n) is 10.8. The van der Waals surface area contributed by atoms with Gasteiger partial charge in [-0.1, -0.05) is 26.3 Å². The van der Waals surface area contributed by atoms with Crippen LogP contribution in [0.3, 0.4) is 0 Å². The molecule has 1 fully saturated rings. The minimum Gasteiger partial charge on any atom is -0.454 e. The summed E-state index contributed by atoms with van der Waals surface area (Å²) in [5.41, 5.74) is 17.1. The normalized spacial score (nSPS) is 13.7. The van der Waals surface area contributed by atoms with Gasteiger partial charge >= 0.3 is 0 Å². The lowest BCUT2D eigenvalue weighted by atomic mass is 10.0. The van der Waals surface area contributed by atoms with Crippen LogP contribution in [0.1, 0.15) is 53.8 Å². The maximum absolute atomic E-state index is 13.6. The monoisotopic (exact) mass is 773 g/mol. The summed E-state index contributed by atoms with van der Waals surface area (Å²) < 4.78 is 11.0. The molecule has 2 aliphatic rings. The summed E-state index contributed by atoms with van der Waals surface area (Å²) in [5, 5.41) is 12.5. The molecule has 14 heteroatoms. The molecule has 0 saturated carbocycles. The lowest BCUT2D eigenvalue weighted by Gasteiger charge is -2.37. The maximum atomic E-state index is 13.6. The minimum atomic E-state index is -0.539. The van der Waals surface area contributed by atoms with E-state index in [-0.39, 0.29) is 19.2 Å². The third kappa shape index (κ3) is 8.76. The molecule has 2 aliphatic heterocycles. The second-order valence-electron chi connectivity index (χ2n) is 14.3. The summed E-state index contributed by atoms with van der Waals surface area (Å²) in [5.74, 6) is 0.223. The van der Waals surface area contributed by atoms with E-state index in [1.54, 1.807) is 18.3 Å². The van der Waals surface area contributed by atoms with Crippen LogP contribution < -0.4 is 41.8 Å². The number of benzene rings is 4. The van der Waals surface area contributed by atoms with Crippen molar-refractivity contribution < 1.29 is 23.9 Å². The lowest BCUT2D eigenvalue weighted by Crippen LogP contribution is -2.50. The van der Waals surface area contributed by atoms with Crippen molar-refractivity contribution >= 4 is 67.8 Å². The first-order valence-corrected chi connectivity index (χ1v) is 19.7. The second kappa shape index (κ2) is 17.7. The molecule has 0 bridgehead atoms. The van der Waals surface area contributed by atoms with Gasteiger partial charge in [-0.05, 0) is 92.5 Å². The molecule has 0 aliphatic carbocycles. The van der Waals surface area contributed by atoms with Crippen molar-refractivity contribution in [1.82, 2.24) is 14.8 Å². The number of hydrogen-bond acceptors (Lipinski definition) is 11. The van der Waals surface area contributed by atoms with Gasteiger partial charge in [-0.3, -0.25) is 19.4 Å². The molecule has 4 aromatic carbocycles. The molecular weight excluding hydrogens is 723 g/mol. The third-order valence-corrected chi connectivity index (χ3v) is 10.8. The number of amides is 3. The molecule has 7 rings (SSSR count). The average molecular weight is 774 g/mol. The summed E-state index contributed by atoms with van der Waals surface area (Å²) in [4.78, 5) is 50.0. The largest absolute Gasteiger partial charge is 0.454 e. The number of carbonyl (C=O) groups excluding carboxylic acids is 3. The molecule has 3 amide bonds. The van der Waals surface area contributed by atoms with Crippen LogP contribution in [-0.2, 0) is 4.79 Å². The Hall–Kier alpha value is -6.28. The fourth-order valence-corrected chi connectivity index (χ4v) is 7.70. The highest BCUT2D eigenvalue weighted by Crippen LogP contribution is 2.38. The zero-order valence-corrected chi connectivity index (χ0v) is 32.6. The van der Waals surface area contributed by atoms with Crippen LogP contribution in [0.4, 0.5) is 28.4 Å². The molecule has 14 nitrogen and oxygen atoms in total. The van der Waals surface area contributed by atoms with Gasteiger partial charge in [-0.25, -0.2) is 0 Å². The molecule has 7 N–H and O–H groups in total. The Labute approximate surface area is 332 Å². The number of anilines is 5. The van der Waals surface area contributed by atoms with E-state index in [9.17, 15) is 14.4 Å². The van der Waals surface area contributed by atoms with Gasteiger partial charge in [0.15, 0.2) is 11.5 Å². The number of rotatable bonds is 17. The van der Waals surface area contributed by atoms with Gasteiger partial charge in [0.25, 0.3) is 5.91 Å². The number of primary amides is 2. The van der Waals surface area contributed by atoms with Crippen LogP contribution in [0.25, 0.3) is 21.7 Å². The Morgan fingerprint density at radius 3 is 2.28 bits per heavy atom. The number of fused-ring (bicyclic) bond motifs is 3. The van der Waals surface area contributed by atoms with Gasteiger partial charge in [-0.15, -0.1) is 0 Å². The number of piperazine rings is 1. The fourth-order valence-electron chi connectivity index (χ4n) is 7.70. The summed E-state index contributed by atoms with van der Waals surface area (Å²) in [6.07, 6.45) is 5.01. The predicted molar refractivity (Wildman–Crippen MR) is 226 cm³/mol. The number of ether oxygens (including phenoxy) is 2. The Kier molecular flexibility index (Phi) is 12.1. The van der Waals surface area contributed by atoms with Crippen molar-refractivity contribution in [3.8, 4) is 11.5 Å². The van der Waals surface area contributed by atoms with Crippen LogP contribution in [-0.4, -0.2) is 98.2 Å². The van der Waals surface area contributed by atoms with Crippen molar-refractivity contribution in [2.24, 2.45) is 11.5 Å². The molecule has 5 aromatic rings. The van der Waals surface area contributed by atoms with Gasteiger partial charge in [0.05, 0.1) is 29.0 Å². The molecule has 3 heterocycles. The highest BCUT2D eigenvalue weighted by Gasteiger charge is 2.27. The molecule has 57 heavy (non-hydrogen) atoms. The molecule has 0 atom stereocenters. The number of carbonyl (C=O) groups is 3. The zero-order chi connectivity index (χ0) is 39.9. The predicted octanol–water partition coefficient (Wildman–Crippen LogP) is 5.74. The van der Waals surface area contributed by atoms with E-state index in [2.05, 4.69) is 39.6 Å². The number of nitrogens with two attached hydrogens (primary N) is 2. The summed E-state index contributed by atoms with van der Waals surface area (Å²) >= 11 is 0. The van der Waals surface area contributed by atoms with E-state index >= 15 is 0 Å². The summed E-state index contributed by atoms with van der Waals surface area (Å²) in [6.45, 7) is 10.5. The van der Waals surface area contributed by atoms with E-state index < -0.39 is 11.8 Å². The standard InChI is InChI=1S/C43H51N9O5/c1-3-50(4-2)18-7-5-6-16-46-36-25-34(43(45)55)41(32-9-8-17-47-40(32)36)52-21-19-51(20-22-52)39(53)26-48-35-14-13-31(42(44)54)30-12-10-28(23-33(30)35)49-29-11-15-37-38(24-29)57-27-56-37/h8-15,17,23-25,46,48-49H,3-7,16,18-22,26-27H2,1-2H3,(H2,44,54)(H2,45,55). The van der Waals surface area contributed by atoms with E-state index in [1.807, 2.05) is 59.5 Å². The summed E-state index contributed by atoms with van der Waals surface area (Å²) in [7, 11) is 0. The van der Waals surface area contributed by atoms with E-state index in [4.69, 9.17) is 25.9 Å². The van der Waals surface area contributed by atoms with Crippen molar-refractivity contribution in [2.45, 2.75) is 33.1 Å². The fraction of sp³-hybridized carbons (Fsp3) is 0.349. The average Bonchev–Trinajstić information content (AvgIpc) is 3.70. The van der Waals surface area contributed by atoms with Gasteiger partial charge in [-0.2, -0.15) is 0 Å². The van der Waals surface area contributed by atoms with Crippen LogP contribution in [0.2, 0.25) is 0 Å². The molecule has 1 saturated heterocycles. The van der Waals surface area contributed by atoms with Crippen molar-refractivity contribution in [1.29, 1.82) is 0 Å². The number of pyridine rings is 1. The van der Waals surface area contributed by atoms with Crippen LogP contribution in [0, 0.1) is 0 Å². The Morgan fingerprint density at radius 1 is 0.754 bits per heavy atom. The topological polar surface area (TPSA) is 180 Å². The number of aromatic nitrogens is 1. The van der Waals surface area contributed by atoms with Gasteiger partial charge in [0.1, 0.15) is 0 Å². The van der Waals surface area contributed by atoms with Crippen LogP contribution >= 0.6 is 0 Å². The smallest absolute Gasteiger partial charge is 0.250 e. The van der Waals surface area contributed by atoms with Gasteiger partial charge in [0, 0.05) is 78.4 Å². The first-order chi connectivity index (χ1) is 27.7. The number of unbranched alkanes of at least 4 members (excludes halogenated alkanes) is 2. The van der Waals surface area contributed by atoms with Gasteiger partial charge < -0.3 is 51.6 Å². The molecule has 298 valence electrons.